The Balaban J connectivity index is 1.65. The van der Waals surface area contributed by atoms with E-state index >= 15 is 0 Å². The first kappa shape index (κ1) is 23.4. The summed E-state index contributed by atoms with van der Waals surface area (Å²) < 4.78 is 0. The van der Waals surface area contributed by atoms with Crippen LogP contribution >= 0.6 is 0 Å². The topological polar surface area (TPSA) is 74.2 Å². The van der Waals surface area contributed by atoms with Gasteiger partial charge in [0, 0.05) is 37.7 Å². The monoisotopic (exact) mass is 456 g/mol. The van der Waals surface area contributed by atoms with Gasteiger partial charge in [-0.3, -0.25) is 9.79 Å². The van der Waals surface area contributed by atoms with Crippen molar-refractivity contribution in [1.29, 1.82) is 0 Å². The van der Waals surface area contributed by atoms with E-state index in [0.717, 1.165) is 22.4 Å². The number of hydrogen-bond acceptors (Lipinski definition) is 6. The van der Waals surface area contributed by atoms with E-state index in [1.54, 1.807) is 17.0 Å². The van der Waals surface area contributed by atoms with Gasteiger partial charge in [-0.2, -0.15) is 0 Å². The zero-order valence-electron chi connectivity index (χ0n) is 19.2. The Bertz CT molecular complexity index is 1150. The predicted molar refractivity (Wildman–Crippen MR) is 132 cm³/mol. The van der Waals surface area contributed by atoms with Crippen molar-refractivity contribution in [3.8, 4) is 0 Å². The standard InChI is InChI=1S/C27H28N4O3/c1-30-24-16-9-8-15-23(24)27(22-13-6-3-7-14-22)28-19-26(33)34-29-31(18-10-17-25(30)32)20-21-11-4-2-5-12-21/h2-9,11-16,29H,10,17-20H2,1H3. The summed E-state index contributed by atoms with van der Waals surface area (Å²) >= 11 is 0. The lowest BCUT2D eigenvalue weighted by Crippen LogP contribution is -2.40. The number of benzene rings is 3. The number of hydrogen-bond donors (Lipinski definition) is 1. The lowest BCUT2D eigenvalue weighted by atomic mass is 9.99. The number of carbonyl (C=O) groups is 2. The summed E-state index contributed by atoms with van der Waals surface area (Å²) in [5.74, 6) is -0.487. The molecule has 34 heavy (non-hydrogen) atoms. The molecule has 3 aromatic rings. The molecule has 7 heteroatoms. The third-order valence-electron chi connectivity index (χ3n) is 5.63. The Morgan fingerprint density at radius 3 is 2.35 bits per heavy atom. The van der Waals surface area contributed by atoms with Crippen molar-refractivity contribution in [2.24, 2.45) is 4.99 Å². The zero-order chi connectivity index (χ0) is 23.8. The second-order valence-corrected chi connectivity index (χ2v) is 8.08. The van der Waals surface area contributed by atoms with Gasteiger partial charge in [0.15, 0.2) is 0 Å². The van der Waals surface area contributed by atoms with Crippen molar-refractivity contribution < 1.29 is 14.4 Å². The van der Waals surface area contributed by atoms with Crippen LogP contribution in [0.15, 0.2) is 89.9 Å². The highest BCUT2D eigenvalue weighted by atomic mass is 16.7. The van der Waals surface area contributed by atoms with Crippen molar-refractivity contribution in [3.63, 3.8) is 0 Å². The highest BCUT2D eigenvalue weighted by molar-refractivity contribution is 6.17. The van der Waals surface area contributed by atoms with Crippen molar-refractivity contribution >= 4 is 23.3 Å². The first-order valence-electron chi connectivity index (χ1n) is 11.3. The fourth-order valence-corrected chi connectivity index (χ4v) is 3.87. The molecule has 0 bridgehead atoms. The van der Waals surface area contributed by atoms with Gasteiger partial charge >= 0.3 is 5.97 Å². The quantitative estimate of drug-likeness (QED) is 0.650. The normalized spacial score (nSPS) is 16.3. The largest absolute Gasteiger partial charge is 0.354 e. The van der Waals surface area contributed by atoms with Gasteiger partial charge in [0.2, 0.25) is 5.91 Å². The third-order valence-corrected chi connectivity index (χ3v) is 5.63. The number of amides is 1. The van der Waals surface area contributed by atoms with Crippen LogP contribution in [0, 0.1) is 0 Å². The highest BCUT2D eigenvalue weighted by Gasteiger charge is 2.20. The van der Waals surface area contributed by atoms with Gasteiger partial charge in [0.1, 0.15) is 6.54 Å². The summed E-state index contributed by atoms with van der Waals surface area (Å²) in [6.07, 6.45) is 0.950. The van der Waals surface area contributed by atoms with E-state index in [4.69, 9.17) is 4.84 Å². The summed E-state index contributed by atoms with van der Waals surface area (Å²) in [6, 6.07) is 27.1. The molecule has 1 aliphatic heterocycles. The summed E-state index contributed by atoms with van der Waals surface area (Å²) in [5.41, 5.74) is 6.85. The molecule has 0 atom stereocenters. The molecule has 0 radical (unpaired) electrons. The van der Waals surface area contributed by atoms with Crippen LogP contribution in [0.5, 0.6) is 0 Å². The molecule has 7 nitrogen and oxygen atoms in total. The van der Waals surface area contributed by atoms with E-state index in [1.165, 1.54) is 0 Å². The van der Waals surface area contributed by atoms with Crippen LogP contribution in [0.4, 0.5) is 5.69 Å². The predicted octanol–water partition coefficient (Wildman–Crippen LogP) is 3.75. The maximum Gasteiger partial charge on any atom is 0.347 e. The van der Waals surface area contributed by atoms with Gasteiger partial charge in [0.25, 0.3) is 0 Å². The highest BCUT2D eigenvalue weighted by Crippen LogP contribution is 2.24. The van der Waals surface area contributed by atoms with Crippen molar-refractivity contribution in [2.45, 2.75) is 19.4 Å². The molecule has 0 saturated carbocycles. The lowest BCUT2D eigenvalue weighted by Gasteiger charge is -2.25. The van der Waals surface area contributed by atoms with E-state index in [-0.39, 0.29) is 12.5 Å². The third kappa shape index (κ3) is 5.95. The molecule has 0 spiro atoms. The van der Waals surface area contributed by atoms with Gasteiger partial charge in [-0.15, -0.1) is 0 Å². The molecule has 0 unspecified atom stereocenters. The Morgan fingerprint density at radius 1 is 0.912 bits per heavy atom. The van der Waals surface area contributed by atoms with E-state index in [0.29, 0.717) is 31.6 Å². The molecule has 1 heterocycles. The maximum atomic E-state index is 13.1. The van der Waals surface area contributed by atoms with Gasteiger partial charge < -0.3 is 9.74 Å². The summed E-state index contributed by atoms with van der Waals surface area (Å²) in [6.45, 7) is 0.893. The molecule has 0 saturated heterocycles. The minimum Gasteiger partial charge on any atom is -0.354 e. The fraction of sp³-hybridized carbons (Fsp3) is 0.222. The first-order valence-corrected chi connectivity index (χ1v) is 11.3. The van der Waals surface area contributed by atoms with Crippen LogP contribution in [-0.4, -0.2) is 42.7 Å². The number of anilines is 1. The van der Waals surface area contributed by atoms with Crippen molar-refractivity contribution in [3.05, 3.63) is 102 Å². The second kappa shape index (κ2) is 11.4. The minimum absolute atomic E-state index is 0.00794. The zero-order valence-corrected chi connectivity index (χ0v) is 19.2. The van der Waals surface area contributed by atoms with Gasteiger partial charge in [-0.25, -0.2) is 9.80 Å². The van der Waals surface area contributed by atoms with Crippen LogP contribution in [-0.2, 0) is 21.0 Å². The smallest absolute Gasteiger partial charge is 0.347 e. The summed E-state index contributed by atoms with van der Waals surface area (Å²) in [5, 5.41) is 1.79. The molecule has 0 fully saturated rings. The molecular weight excluding hydrogens is 428 g/mol. The van der Waals surface area contributed by atoms with Crippen LogP contribution in [0.25, 0.3) is 0 Å². The van der Waals surface area contributed by atoms with Gasteiger partial charge in [-0.1, -0.05) is 84.5 Å². The molecule has 0 aromatic heterocycles. The maximum absolute atomic E-state index is 13.1. The van der Waals surface area contributed by atoms with E-state index in [2.05, 4.69) is 10.6 Å². The molecule has 0 aliphatic carbocycles. The molecule has 174 valence electrons. The van der Waals surface area contributed by atoms with Crippen LogP contribution in [0.3, 0.4) is 0 Å². The molecule has 1 N–H and O–H groups in total. The van der Waals surface area contributed by atoms with Crippen LogP contribution < -0.4 is 10.5 Å². The Labute approximate surface area is 199 Å². The van der Waals surface area contributed by atoms with Gasteiger partial charge in [0.05, 0.1) is 11.4 Å². The summed E-state index contributed by atoms with van der Waals surface area (Å²) in [7, 11) is 1.78. The number of carbonyl (C=O) groups excluding carboxylic acids is 2. The number of nitrogens with one attached hydrogen (secondary N) is 1. The Morgan fingerprint density at radius 2 is 1.59 bits per heavy atom. The number of nitrogens with zero attached hydrogens (tertiary/aromatic N) is 3. The number of para-hydroxylation sites is 1. The van der Waals surface area contributed by atoms with Crippen molar-refractivity contribution in [2.75, 3.05) is 25.0 Å². The average Bonchev–Trinajstić information content (AvgIpc) is 2.88. The molecule has 1 amide bonds. The van der Waals surface area contributed by atoms with Crippen molar-refractivity contribution in [1.82, 2.24) is 10.6 Å². The Kier molecular flexibility index (Phi) is 7.80. The number of fused-ring (bicyclic) bond motifs is 1. The number of aliphatic imine (C=N–C) groups is 1. The molecule has 3 aromatic carbocycles. The van der Waals surface area contributed by atoms with E-state index in [1.807, 2.05) is 84.9 Å². The molecule has 1 aliphatic rings. The lowest BCUT2D eigenvalue weighted by molar-refractivity contribution is -0.164. The van der Waals surface area contributed by atoms with E-state index < -0.39 is 5.97 Å². The minimum atomic E-state index is -0.495. The average molecular weight is 457 g/mol. The number of hydrazine groups is 1. The number of rotatable bonds is 3. The molecular formula is C27H28N4O3. The molecule has 4 rings (SSSR count). The van der Waals surface area contributed by atoms with Crippen LogP contribution in [0.2, 0.25) is 0 Å². The van der Waals surface area contributed by atoms with Gasteiger partial charge in [-0.05, 0) is 18.1 Å². The summed E-state index contributed by atoms with van der Waals surface area (Å²) in [4.78, 5) is 37.3. The van der Waals surface area contributed by atoms with E-state index in [9.17, 15) is 9.59 Å². The first-order chi connectivity index (χ1) is 16.6. The van der Waals surface area contributed by atoms with Crippen LogP contribution in [0.1, 0.15) is 29.5 Å². The second-order valence-electron chi connectivity index (χ2n) is 8.08. The Hall–Kier alpha value is -3.81. The fourth-order valence-electron chi connectivity index (χ4n) is 3.87. The SMILES string of the molecule is CN1C(=O)CCCN(Cc2ccccc2)NOC(=O)CN=C(c2ccccc2)c2ccccc21.